The zero-order valence-corrected chi connectivity index (χ0v) is 17.6. The fourth-order valence-corrected chi connectivity index (χ4v) is 4.03. The van der Waals surface area contributed by atoms with Crippen LogP contribution in [0.25, 0.3) is 16.2 Å². The number of halogens is 3. The number of hydrogen-bond donors (Lipinski definition) is 2. The SMILES string of the molecule is CCc1ccc(-c2cc(C(F)(F)F)n3nc(C(=O)Nc4cnn(C)c4C(N)=O)cc3n2)s1. The van der Waals surface area contributed by atoms with E-state index in [1.54, 1.807) is 6.07 Å². The molecule has 0 fully saturated rings. The monoisotopic (exact) mass is 463 g/mol. The normalized spacial score (nSPS) is 11.8. The minimum absolute atomic E-state index is 0.0115. The molecule has 0 spiro atoms. The summed E-state index contributed by atoms with van der Waals surface area (Å²) >= 11 is 1.34. The van der Waals surface area contributed by atoms with E-state index in [1.165, 1.54) is 29.3 Å². The summed E-state index contributed by atoms with van der Waals surface area (Å²) in [4.78, 5) is 30.1. The number of hydrogen-bond acceptors (Lipinski definition) is 6. The molecule has 3 N–H and O–H groups in total. The van der Waals surface area contributed by atoms with E-state index < -0.39 is 23.7 Å². The molecule has 4 rings (SSSR count). The topological polar surface area (TPSA) is 120 Å². The van der Waals surface area contributed by atoms with Gasteiger partial charge in [0.2, 0.25) is 0 Å². The van der Waals surface area contributed by atoms with Crippen LogP contribution in [0.15, 0.2) is 30.5 Å². The second-order valence-electron chi connectivity index (χ2n) is 6.79. The maximum absolute atomic E-state index is 13.7. The molecule has 9 nitrogen and oxygen atoms in total. The van der Waals surface area contributed by atoms with Gasteiger partial charge in [-0.1, -0.05) is 6.92 Å². The number of anilines is 1. The molecule has 166 valence electrons. The molecule has 2 amide bonds. The van der Waals surface area contributed by atoms with Crippen LogP contribution in [0.2, 0.25) is 0 Å². The minimum atomic E-state index is -4.73. The Balaban J connectivity index is 1.77. The zero-order chi connectivity index (χ0) is 23.2. The zero-order valence-electron chi connectivity index (χ0n) is 16.8. The second kappa shape index (κ2) is 7.75. The smallest absolute Gasteiger partial charge is 0.364 e. The summed E-state index contributed by atoms with van der Waals surface area (Å²) in [5, 5.41) is 10.0. The third-order valence-corrected chi connectivity index (χ3v) is 5.89. The molecule has 0 aromatic carbocycles. The lowest BCUT2D eigenvalue weighted by Crippen LogP contribution is -2.20. The van der Waals surface area contributed by atoms with E-state index in [4.69, 9.17) is 5.73 Å². The van der Waals surface area contributed by atoms with Crippen molar-refractivity contribution in [1.82, 2.24) is 24.4 Å². The number of thiophene rings is 1. The van der Waals surface area contributed by atoms with Crippen LogP contribution >= 0.6 is 11.3 Å². The first kappa shape index (κ1) is 21.5. The Morgan fingerprint density at radius 3 is 2.62 bits per heavy atom. The van der Waals surface area contributed by atoms with Crippen molar-refractivity contribution in [3.05, 3.63) is 52.4 Å². The van der Waals surface area contributed by atoms with Crippen molar-refractivity contribution in [3.8, 4) is 10.6 Å². The van der Waals surface area contributed by atoms with Crippen LogP contribution in [0.3, 0.4) is 0 Å². The molecule has 4 heterocycles. The van der Waals surface area contributed by atoms with E-state index in [-0.39, 0.29) is 28.4 Å². The van der Waals surface area contributed by atoms with Crippen LogP contribution in [0.5, 0.6) is 0 Å². The summed E-state index contributed by atoms with van der Waals surface area (Å²) in [5.74, 6) is -1.67. The maximum atomic E-state index is 13.7. The fraction of sp³-hybridized carbons (Fsp3) is 0.211. The van der Waals surface area contributed by atoms with E-state index in [0.29, 0.717) is 9.39 Å². The number of fused-ring (bicyclic) bond motifs is 1. The quantitative estimate of drug-likeness (QED) is 0.471. The number of carbonyl (C=O) groups is 2. The molecule has 0 aliphatic heterocycles. The average Bonchev–Trinajstić information content (AvgIpc) is 3.43. The molecule has 4 aromatic heterocycles. The Morgan fingerprint density at radius 1 is 1.25 bits per heavy atom. The third kappa shape index (κ3) is 3.82. The second-order valence-corrected chi connectivity index (χ2v) is 7.96. The molecular formula is C19H16F3N7O2S. The number of primary amides is 1. The molecule has 0 aliphatic rings. The summed E-state index contributed by atoms with van der Waals surface area (Å²) in [6, 6.07) is 5.58. The van der Waals surface area contributed by atoms with Gasteiger partial charge < -0.3 is 11.1 Å². The molecule has 0 unspecified atom stereocenters. The van der Waals surface area contributed by atoms with Gasteiger partial charge in [0.25, 0.3) is 11.8 Å². The lowest BCUT2D eigenvalue weighted by Gasteiger charge is -2.10. The Bertz CT molecular complexity index is 1350. The van der Waals surface area contributed by atoms with Gasteiger partial charge >= 0.3 is 6.18 Å². The first-order chi connectivity index (χ1) is 15.1. The molecule has 32 heavy (non-hydrogen) atoms. The summed E-state index contributed by atoms with van der Waals surface area (Å²) in [6.07, 6.45) is -2.78. The first-order valence-corrected chi connectivity index (χ1v) is 10.1. The van der Waals surface area contributed by atoms with Crippen molar-refractivity contribution in [2.24, 2.45) is 12.8 Å². The van der Waals surface area contributed by atoms with Gasteiger partial charge in [-0.2, -0.15) is 23.4 Å². The van der Waals surface area contributed by atoms with Crippen LogP contribution in [-0.4, -0.2) is 36.2 Å². The van der Waals surface area contributed by atoms with Crippen LogP contribution in [0.4, 0.5) is 18.9 Å². The molecule has 4 aromatic rings. The largest absolute Gasteiger partial charge is 0.433 e. The number of nitrogens with one attached hydrogen (secondary N) is 1. The van der Waals surface area contributed by atoms with E-state index in [1.807, 2.05) is 13.0 Å². The van der Waals surface area contributed by atoms with Gasteiger partial charge in [0, 0.05) is 18.0 Å². The Hall–Kier alpha value is -3.74. The van der Waals surface area contributed by atoms with E-state index in [0.717, 1.165) is 23.4 Å². The highest BCUT2D eigenvalue weighted by atomic mass is 32.1. The number of nitrogens with zero attached hydrogens (tertiary/aromatic N) is 5. The lowest BCUT2D eigenvalue weighted by atomic mass is 10.2. The maximum Gasteiger partial charge on any atom is 0.433 e. The number of alkyl halides is 3. The predicted molar refractivity (Wildman–Crippen MR) is 110 cm³/mol. The van der Waals surface area contributed by atoms with Gasteiger partial charge in [0.05, 0.1) is 22.5 Å². The molecular weight excluding hydrogens is 447 g/mol. The van der Waals surface area contributed by atoms with Crippen molar-refractivity contribution in [3.63, 3.8) is 0 Å². The average molecular weight is 463 g/mol. The van der Waals surface area contributed by atoms with Crippen molar-refractivity contribution in [2.45, 2.75) is 19.5 Å². The fourth-order valence-electron chi connectivity index (χ4n) is 3.13. The summed E-state index contributed by atoms with van der Waals surface area (Å²) < 4.78 is 43.0. The molecule has 0 saturated heterocycles. The highest BCUT2D eigenvalue weighted by Gasteiger charge is 2.36. The van der Waals surface area contributed by atoms with Gasteiger partial charge in [-0.15, -0.1) is 11.3 Å². The van der Waals surface area contributed by atoms with Gasteiger partial charge in [-0.05, 0) is 24.6 Å². The number of aromatic nitrogens is 5. The number of carbonyl (C=O) groups excluding carboxylic acids is 2. The summed E-state index contributed by atoms with van der Waals surface area (Å²) in [6.45, 7) is 1.95. The van der Waals surface area contributed by atoms with Gasteiger partial charge in [0.1, 0.15) is 5.69 Å². The predicted octanol–water partition coefficient (Wildman–Crippen LogP) is 3.12. The van der Waals surface area contributed by atoms with Crippen LogP contribution < -0.4 is 11.1 Å². The minimum Gasteiger partial charge on any atom is -0.364 e. The molecule has 13 heteroatoms. The Labute approximate surface area is 182 Å². The number of aryl methyl sites for hydroxylation is 2. The van der Waals surface area contributed by atoms with Crippen molar-refractivity contribution >= 4 is 34.5 Å². The molecule has 0 saturated carbocycles. The van der Waals surface area contributed by atoms with E-state index >= 15 is 0 Å². The molecule has 0 radical (unpaired) electrons. The summed E-state index contributed by atoms with van der Waals surface area (Å²) in [7, 11) is 1.45. The van der Waals surface area contributed by atoms with Crippen LogP contribution in [-0.2, 0) is 19.6 Å². The van der Waals surface area contributed by atoms with Gasteiger partial charge in [-0.3, -0.25) is 14.3 Å². The molecule has 0 atom stereocenters. The molecule has 0 aliphatic carbocycles. The third-order valence-electron chi connectivity index (χ3n) is 4.63. The Kier molecular flexibility index (Phi) is 5.20. The number of nitrogens with two attached hydrogens (primary N) is 1. The number of rotatable bonds is 5. The highest BCUT2D eigenvalue weighted by Crippen LogP contribution is 2.34. The van der Waals surface area contributed by atoms with Crippen molar-refractivity contribution < 1.29 is 22.8 Å². The van der Waals surface area contributed by atoms with Gasteiger partial charge in [-0.25, -0.2) is 9.50 Å². The van der Waals surface area contributed by atoms with E-state index in [9.17, 15) is 22.8 Å². The van der Waals surface area contributed by atoms with Crippen molar-refractivity contribution in [2.75, 3.05) is 5.32 Å². The standard InChI is InChI=1S/C19H16F3N7O2S/c1-3-9-4-5-13(32-9)10-6-14(19(20,21)22)29-15(25-10)7-11(27-29)18(31)26-12-8-24-28(2)16(12)17(23)30/h4-8H,3H2,1-2H3,(H2,23,30)(H,26,31). The summed E-state index contributed by atoms with van der Waals surface area (Å²) in [5.41, 5.74) is 3.82. The van der Waals surface area contributed by atoms with E-state index in [2.05, 4.69) is 20.5 Å². The highest BCUT2D eigenvalue weighted by molar-refractivity contribution is 7.15. The first-order valence-electron chi connectivity index (χ1n) is 9.28. The van der Waals surface area contributed by atoms with Crippen LogP contribution in [0, 0.1) is 0 Å². The van der Waals surface area contributed by atoms with Gasteiger partial charge in [0.15, 0.2) is 17.0 Å². The van der Waals surface area contributed by atoms with Crippen LogP contribution in [0.1, 0.15) is 38.5 Å². The van der Waals surface area contributed by atoms with Crippen molar-refractivity contribution in [1.29, 1.82) is 0 Å². The Morgan fingerprint density at radius 2 is 2.00 bits per heavy atom. The number of amides is 2. The lowest BCUT2D eigenvalue weighted by molar-refractivity contribution is -0.142. The molecule has 0 bridgehead atoms.